The van der Waals surface area contributed by atoms with Crippen molar-refractivity contribution in [2.45, 2.75) is 13.5 Å². The third-order valence-corrected chi connectivity index (χ3v) is 5.11. The summed E-state index contributed by atoms with van der Waals surface area (Å²) in [7, 11) is 0. The fourth-order valence-corrected chi connectivity index (χ4v) is 3.64. The Hall–Kier alpha value is -2.49. The molecule has 134 valence electrons. The van der Waals surface area contributed by atoms with Gasteiger partial charge < -0.3 is 5.11 Å². The number of aromatic nitrogens is 4. The van der Waals surface area contributed by atoms with Gasteiger partial charge in [0.1, 0.15) is 5.75 Å². The number of aromatic amines is 1. The highest BCUT2D eigenvalue weighted by Crippen LogP contribution is 2.32. The number of benzene rings is 1. The number of carbonyl (C=O) groups is 1. The number of phenolic OH excluding ortho intramolecular Hbond substituents is 1. The highest BCUT2D eigenvalue weighted by molar-refractivity contribution is 7.71. The van der Waals surface area contributed by atoms with E-state index in [0.717, 1.165) is 4.88 Å². The van der Waals surface area contributed by atoms with Crippen LogP contribution in [0.2, 0.25) is 5.02 Å². The van der Waals surface area contributed by atoms with Crippen LogP contribution in [-0.2, 0) is 6.54 Å². The molecule has 0 radical (unpaired) electrons. The third-order valence-electron chi connectivity index (χ3n) is 3.49. The normalized spacial score (nSPS) is 10.7. The largest absolute Gasteiger partial charge is 0.507 e. The average Bonchev–Trinajstić information content (AvgIpc) is 3.13. The molecule has 0 aliphatic carbocycles. The topological polar surface area (TPSA) is 95.8 Å². The maximum atomic E-state index is 12.4. The Morgan fingerprint density at radius 1 is 1.58 bits per heavy atom. The molecular weight excluding hydrogens is 394 g/mol. The molecule has 0 spiro atoms. The molecule has 0 fully saturated rings. The van der Waals surface area contributed by atoms with E-state index in [0.29, 0.717) is 33.0 Å². The van der Waals surface area contributed by atoms with Gasteiger partial charge in [0.05, 0.1) is 16.1 Å². The smallest absolute Gasteiger partial charge is 0.261 e. The van der Waals surface area contributed by atoms with E-state index in [1.165, 1.54) is 29.5 Å². The summed E-state index contributed by atoms with van der Waals surface area (Å²) in [6.07, 6.45) is 1.72. The minimum atomic E-state index is -0.504. The van der Waals surface area contributed by atoms with E-state index < -0.39 is 5.91 Å². The molecule has 10 heteroatoms. The van der Waals surface area contributed by atoms with Crippen molar-refractivity contribution in [1.82, 2.24) is 19.7 Å². The monoisotopic (exact) mass is 407 g/mol. The molecule has 1 aromatic carbocycles. The van der Waals surface area contributed by atoms with E-state index in [9.17, 15) is 9.90 Å². The molecule has 0 aliphatic heterocycles. The maximum Gasteiger partial charge on any atom is 0.261 e. The lowest BCUT2D eigenvalue weighted by Crippen LogP contribution is -2.11. The van der Waals surface area contributed by atoms with E-state index in [4.69, 9.17) is 23.8 Å². The summed E-state index contributed by atoms with van der Waals surface area (Å²) in [5.74, 6) is -0.0430. The van der Waals surface area contributed by atoms with Crippen LogP contribution in [0.25, 0.3) is 10.7 Å². The molecule has 1 amide bonds. The molecule has 0 atom stereocenters. The van der Waals surface area contributed by atoms with Crippen LogP contribution in [0.15, 0.2) is 30.9 Å². The van der Waals surface area contributed by atoms with Crippen molar-refractivity contribution < 1.29 is 9.90 Å². The number of aryl methyl sites for hydroxylation is 1. The number of hydrogen-bond acceptors (Lipinski definition) is 6. The van der Waals surface area contributed by atoms with E-state index >= 15 is 0 Å². The zero-order valence-corrected chi connectivity index (χ0v) is 16.0. The van der Waals surface area contributed by atoms with Crippen LogP contribution in [-0.4, -0.2) is 30.8 Å². The molecule has 0 bridgehead atoms. The van der Waals surface area contributed by atoms with Gasteiger partial charge in [-0.15, -0.1) is 6.58 Å². The van der Waals surface area contributed by atoms with E-state index in [1.807, 2.05) is 6.92 Å². The summed E-state index contributed by atoms with van der Waals surface area (Å²) in [5, 5.41) is 20.2. The van der Waals surface area contributed by atoms with Gasteiger partial charge >= 0.3 is 0 Å². The number of anilines is 1. The van der Waals surface area contributed by atoms with Gasteiger partial charge in [-0.2, -0.15) is 5.10 Å². The highest BCUT2D eigenvalue weighted by atomic mass is 35.5. The Bertz CT molecular complexity index is 1050. The van der Waals surface area contributed by atoms with Crippen molar-refractivity contribution in [3.8, 4) is 16.5 Å². The summed E-state index contributed by atoms with van der Waals surface area (Å²) >= 11 is 12.4. The van der Waals surface area contributed by atoms with E-state index in [1.54, 1.807) is 10.6 Å². The van der Waals surface area contributed by atoms with Crippen LogP contribution in [0.3, 0.4) is 0 Å². The van der Waals surface area contributed by atoms with Gasteiger partial charge in [-0.25, -0.2) is 4.98 Å². The standard InChI is InChI=1S/C16H14ClN5O2S2/c1-3-6-22-13(20-21-16(22)25)12-8(2)18-15(26-12)19-14(24)10-7-9(17)4-5-11(10)23/h3-5,7,23H,1,6H2,2H3,(H,21,25)(H,18,19,24). The van der Waals surface area contributed by atoms with Crippen LogP contribution in [0, 0.1) is 11.7 Å². The van der Waals surface area contributed by atoms with Gasteiger partial charge in [0.25, 0.3) is 5.91 Å². The number of phenols is 1. The molecule has 0 saturated heterocycles. The number of H-pyrrole nitrogens is 1. The fourth-order valence-electron chi connectivity index (χ4n) is 2.30. The SMILES string of the molecule is C=CCn1c(-c2sc(NC(=O)c3cc(Cl)ccc3O)nc2C)n[nH]c1=S. The fraction of sp³-hybridized carbons (Fsp3) is 0.125. The number of amides is 1. The van der Waals surface area contributed by atoms with Crippen LogP contribution in [0.1, 0.15) is 16.1 Å². The zero-order valence-electron chi connectivity index (χ0n) is 13.6. The first-order valence-electron chi connectivity index (χ1n) is 7.44. The number of nitrogens with zero attached hydrogens (tertiary/aromatic N) is 3. The third kappa shape index (κ3) is 3.55. The average molecular weight is 408 g/mol. The van der Waals surface area contributed by atoms with Gasteiger partial charge in [-0.05, 0) is 37.3 Å². The summed E-state index contributed by atoms with van der Waals surface area (Å²) in [5.41, 5.74) is 0.765. The van der Waals surface area contributed by atoms with Crippen molar-refractivity contribution in [2.24, 2.45) is 0 Å². The zero-order chi connectivity index (χ0) is 18.8. The summed E-state index contributed by atoms with van der Waals surface area (Å²) in [4.78, 5) is 17.5. The van der Waals surface area contributed by atoms with Gasteiger partial charge in [0, 0.05) is 11.6 Å². The maximum absolute atomic E-state index is 12.4. The molecule has 3 rings (SSSR count). The van der Waals surface area contributed by atoms with E-state index in [-0.39, 0.29) is 11.3 Å². The first-order valence-corrected chi connectivity index (χ1v) is 9.04. The van der Waals surface area contributed by atoms with Crippen molar-refractivity contribution >= 4 is 46.2 Å². The van der Waals surface area contributed by atoms with Crippen molar-refractivity contribution in [3.63, 3.8) is 0 Å². The summed E-state index contributed by atoms with van der Waals surface area (Å²) in [6.45, 7) is 6.03. The lowest BCUT2D eigenvalue weighted by Gasteiger charge is -2.04. The second-order valence-electron chi connectivity index (χ2n) is 5.30. The van der Waals surface area contributed by atoms with Crippen LogP contribution < -0.4 is 5.32 Å². The molecule has 7 nitrogen and oxygen atoms in total. The molecular formula is C16H14ClN5O2S2. The predicted molar refractivity (Wildman–Crippen MR) is 105 cm³/mol. The van der Waals surface area contributed by atoms with Crippen LogP contribution >= 0.6 is 35.2 Å². The van der Waals surface area contributed by atoms with Gasteiger partial charge in [-0.1, -0.05) is 29.0 Å². The lowest BCUT2D eigenvalue weighted by atomic mass is 10.2. The second kappa shape index (κ2) is 7.40. The summed E-state index contributed by atoms with van der Waals surface area (Å²) < 4.78 is 2.26. The number of allylic oxidation sites excluding steroid dienone is 1. The van der Waals surface area contributed by atoms with Crippen molar-refractivity contribution in [1.29, 1.82) is 0 Å². The van der Waals surface area contributed by atoms with Crippen LogP contribution in [0.4, 0.5) is 5.13 Å². The number of rotatable bonds is 5. The van der Waals surface area contributed by atoms with Crippen molar-refractivity contribution in [2.75, 3.05) is 5.32 Å². The Morgan fingerprint density at radius 2 is 2.35 bits per heavy atom. The summed E-state index contributed by atoms with van der Waals surface area (Å²) in [6, 6.07) is 4.26. The Labute approximate surface area is 163 Å². The predicted octanol–water partition coefficient (Wildman–Crippen LogP) is 4.17. The second-order valence-corrected chi connectivity index (χ2v) is 7.12. The Kier molecular flexibility index (Phi) is 5.21. The minimum Gasteiger partial charge on any atom is -0.507 e. The number of nitrogens with one attached hydrogen (secondary N) is 2. The van der Waals surface area contributed by atoms with Gasteiger partial charge in [-0.3, -0.25) is 19.8 Å². The molecule has 3 N–H and O–H groups in total. The number of hydrogen-bond donors (Lipinski definition) is 3. The van der Waals surface area contributed by atoms with Gasteiger partial charge in [0.2, 0.25) is 0 Å². The Morgan fingerprint density at radius 3 is 3.08 bits per heavy atom. The first-order chi connectivity index (χ1) is 12.4. The lowest BCUT2D eigenvalue weighted by molar-refractivity contribution is 0.102. The number of thiazole rings is 1. The molecule has 3 aromatic rings. The van der Waals surface area contributed by atoms with Crippen LogP contribution in [0.5, 0.6) is 5.75 Å². The number of aromatic hydroxyl groups is 1. The number of halogens is 1. The first kappa shape index (κ1) is 18.3. The minimum absolute atomic E-state index is 0.0706. The Balaban J connectivity index is 1.92. The van der Waals surface area contributed by atoms with Crippen molar-refractivity contribution in [3.05, 3.63) is 51.9 Å². The molecule has 26 heavy (non-hydrogen) atoms. The molecule has 0 saturated carbocycles. The molecule has 0 aliphatic rings. The van der Waals surface area contributed by atoms with Gasteiger partial charge in [0.15, 0.2) is 15.7 Å². The molecule has 2 heterocycles. The van der Waals surface area contributed by atoms with E-state index in [2.05, 4.69) is 27.1 Å². The quantitative estimate of drug-likeness (QED) is 0.435. The number of carbonyl (C=O) groups excluding carboxylic acids is 1. The molecule has 2 aromatic heterocycles. The molecule has 0 unspecified atom stereocenters. The highest BCUT2D eigenvalue weighted by Gasteiger charge is 2.19.